The second kappa shape index (κ2) is 48.4. The lowest BCUT2D eigenvalue weighted by Gasteiger charge is -2.22. The average molecular weight is 902 g/mol. The summed E-state index contributed by atoms with van der Waals surface area (Å²) in [5.41, 5.74) is 0. The third-order valence-electron chi connectivity index (χ3n) is 12.6. The first-order valence-corrected chi connectivity index (χ1v) is 28.8. The molecule has 0 aromatic heterocycles. The molecule has 0 aliphatic rings. The molecule has 1 unspecified atom stereocenters. The molecule has 372 valence electrons. The molecule has 0 aromatic rings. The van der Waals surface area contributed by atoms with Crippen LogP contribution < -0.4 is 0 Å². The van der Waals surface area contributed by atoms with Gasteiger partial charge in [0.25, 0.3) is 0 Å². The Morgan fingerprint density at radius 2 is 0.774 bits per heavy atom. The Bertz CT molecular complexity index is 925. The van der Waals surface area contributed by atoms with Gasteiger partial charge in [0.05, 0.1) is 19.1 Å². The number of hydrogen-bond donors (Lipinski definition) is 1. The molecule has 62 heavy (non-hydrogen) atoms. The number of ether oxygens (including phenoxy) is 2. The molecule has 0 spiro atoms. The van der Waals surface area contributed by atoms with Crippen LogP contribution in [0.3, 0.4) is 0 Å². The smallest absolute Gasteiger partial charge is 0.463 e. The van der Waals surface area contributed by atoms with Crippen molar-refractivity contribution in [2.45, 2.75) is 284 Å². The highest BCUT2D eigenvalue weighted by Crippen LogP contribution is 2.43. The van der Waals surface area contributed by atoms with Gasteiger partial charge in [-0.1, -0.05) is 258 Å². The first-order valence-electron chi connectivity index (χ1n) is 27.3. The lowest BCUT2D eigenvalue weighted by molar-refractivity contribution is -0.154. The van der Waals surface area contributed by atoms with Crippen LogP contribution in [0.4, 0.5) is 0 Å². The Morgan fingerprint density at radius 3 is 1.11 bits per heavy atom. The average Bonchev–Trinajstić information content (AvgIpc) is 3.25. The standard InChI is InChI=1S/C53H108NO7P/c1-6-9-12-15-18-21-24-27-28-31-34-37-40-43-47-58-52(50-61-62(56,57)60-48-46-54(4)5)49-59-53(55)51(44-41-38-35-32-29-25-22-19-16-13-10-7-2)45-42-39-36-33-30-26-23-20-17-14-11-8-3/h51-52H,6-50H2,1-5H3,(H,56,57)/t52-/m1/s1. The summed E-state index contributed by atoms with van der Waals surface area (Å²) in [5.74, 6) is -0.275. The minimum absolute atomic E-state index is 0.0164. The van der Waals surface area contributed by atoms with Crippen LogP contribution >= 0.6 is 7.82 Å². The number of phosphoric acid groups is 1. The quantitative estimate of drug-likeness (QED) is 0.0366. The van der Waals surface area contributed by atoms with Gasteiger partial charge in [0.15, 0.2) is 0 Å². The van der Waals surface area contributed by atoms with E-state index in [1.165, 1.54) is 205 Å². The van der Waals surface area contributed by atoms with Crippen molar-refractivity contribution in [3.63, 3.8) is 0 Å². The van der Waals surface area contributed by atoms with Crippen molar-refractivity contribution in [2.75, 3.05) is 47.1 Å². The second-order valence-corrected chi connectivity index (χ2v) is 20.6. The number of hydrogen-bond acceptors (Lipinski definition) is 7. The van der Waals surface area contributed by atoms with Crippen LogP contribution in [0.25, 0.3) is 0 Å². The summed E-state index contributed by atoms with van der Waals surface area (Å²) in [6.45, 7) is 7.77. The fourth-order valence-corrected chi connectivity index (χ4v) is 9.12. The minimum Gasteiger partial charge on any atom is -0.463 e. The summed E-state index contributed by atoms with van der Waals surface area (Å²) < 4.78 is 35.4. The van der Waals surface area contributed by atoms with E-state index in [9.17, 15) is 14.3 Å². The van der Waals surface area contributed by atoms with Crippen LogP contribution in [0.15, 0.2) is 0 Å². The van der Waals surface area contributed by atoms with Crippen molar-refractivity contribution >= 4 is 13.8 Å². The molecule has 0 aromatic carbocycles. The van der Waals surface area contributed by atoms with Gasteiger partial charge in [0, 0.05) is 13.2 Å². The summed E-state index contributed by atoms with van der Waals surface area (Å²) in [6, 6.07) is 0. The van der Waals surface area contributed by atoms with Crippen molar-refractivity contribution in [3.8, 4) is 0 Å². The molecule has 0 radical (unpaired) electrons. The maximum Gasteiger partial charge on any atom is 0.472 e. The molecule has 0 aliphatic carbocycles. The zero-order valence-corrected chi connectivity index (χ0v) is 43.2. The summed E-state index contributed by atoms with van der Waals surface area (Å²) in [5, 5.41) is 0. The highest BCUT2D eigenvalue weighted by Gasteiger charge is 2.26. The Labute approximate surface area is 386 Å². The predicted molar refractivity (Wildman–Crippen MR) is 266 cm³/mol. The van der Waals surface area contributed by atoms with E-state index in [4.69, 9.17) is 18.5 Å². The number of carbonyl (C=O) groups excluding carboxylic acids is 1. The second-order valence-electron chi connectivity index (χ2n) is 19.2. The molecule has 0 heterocycles. The van der Waals surface area contributed by atoms with Crippen LogP contribution in [0.1, 0.15) is 278 Å². The summed E-state index contributed by atoms with van der Waals surface area (Å²) in [6.07, 6.45) is 50.3. The molecule has 0 saturated carbocycles. The van der Waals surface area contributed by atoms with E-state index >= 15 is 0 Å². The molecular formula is C53H108NO7P. The van der Waals surface area contributed by atoms with Gasteiger partial charge in [-0.15, -0.1) is 0 Å². The van der Waals surface area contributed by atoms with E-state index in [1.54, 1.807) is 0 Å². The predicted octanol–water partition coefficient (Wildman–Crippen LogP) is 16.9. The van der Waals surface area contributed by atoms with Crippen molar-refractivity contribution in [3.05, 3.63) is 0 Å². The first kappa shape index (κ1) is 61.5. The van der Waals surface area contributed by atoms with Crippen LogP contribution in [0.5, 0.6) is 0 Å². The van der Waals surface area contributed by atoms with Gasteiger partial charge < -0.3 is 19.3 Å². The topological polar surface area (TPSA) is 94.5 Å². The van der Waals surface area contributed by atoms with E-state index in [-0.39, 0.29) is 31.7 Å². The van der Waals surface area contributed by atoms with Gasteiger partial charge in [-0.2, -0.15) is 0 Å². The third-order valence-corrected chi connectivity index (χ3v) is 13.6. The third kappa shape index (κ3) is 46.0. The van der Waals surface area contributed by atoms with E-state index in [0.717, 1.165) is 51.4 Å². The van der Waals surface area contributed by atoms with Crippen LogP contribution in [-0.2, 0) is 27.9 Å². The molecular weight excluding hydrogens is 794 g/mol. The lowest BCUT2D eigenvalue weighted by Crippen LogP contribution is -2.29. The first-order chi connectivity index (χ1) is 30.3. The van der Waals surface area contributed by atoms with E-state index < -0.39 is 13.9 Å². The molecule has 2 atom stereocenters. The Hall–Kier alpha value is -0.500. The number of esters is 1. The Morgan fingerprint density at radius 1 is 0.452 bits per heavy atom. The number of nitrogens with zero attached hydrogens (tertiary/aromatic N) is 1. The van der Waals surface area contributed by atoms with Gasteiger partial charge in [-0.25, -0.2) is 4.57 Å². The normalized spacial score (nSPS) is 13.4. The Kier molecular flexibility index (Phi) is 48.0. The van der Waals surface area contributed by atoms with Crippen molar-refractivity contribution in [1.82, 2.24) is 4.90 Å². The monoisotopic (exact) mass is 902 g/mol. The Balaban J connectivity index is 4.94. The highest BCUT2D eigenvalue weighted by atomic mass is 31.2. The zero-order valence-electron chi connectivity index (χ0n) is 42.3. The molecule has 0 aliphatic heterocycles. The molecule has 0 fully saturated rings. The van der Waals surface area contributed by atoms with Crippen LogP contribution in [0, 0.1) is 5.92 Å². The summed E-state index contributed by atoms with van der Waals surface area (Å²) in [7, 11) is -0.504. The van der Waals surface area contributed by atoms with Gasteiger partial charge in [-0.3, -0.25) is 13.8 Å². The van der Waals surface area contributed by atoms with Crippen molar-refractivity contribution in [2.24, 2.45) is 5.92 Å². The van der Waals surface area contributed by atoms with Gasteiger partial charge in [0.2, 0.25) is 0 Å². The lowest BCUT2D eigenvalue weighted by atomic mass is 9.94. The molecule has 8 nitrogen and oxygen atoms in total. The summed E-state index contributed by atoms with van der Waals surface area (Å²) >= 11 is 0. The molecule has 0 saturated heterocycles. The van der Waals surface area contributed by atoms with Gasteiger partial charge in [-0.05, 0) is 33.4 Å². The van der Waals surface area contributed by atoms with Crippen LogP contribution in [0.2, 0.25) is 0 Å². The largest absolute Gasteiger partial charge is 0.472 e. The fourth-order valence-electron chi connectivity index (χ4n) is 8.38. The summed E-state index contributed by atoms with van der Waals surface area (Å²) in [4.78, 5) is 25.9. The maximum atomic E-state index is 13.7. The van der Waals surface area contributed by atoms with Crippen molar-refractivity contribution in [1.29, 1.82) is 0 Å². The number of carbonyl (C=O) groups is 1. The van der Waals surface area contributed by atoms with Crippen LogP contribution in [-0.4, -0.2) is 68.9 Å². The van der Waals surface area contributed by atoms with E-state index in [1.807, 2.05) is 19.0 Å². The van der Waals surface area contributed by atoms with Gasteiger partial charge >= 0.3 is 13.8 Å². The SMILES string of the molecule is CCCCCCCCCCCCCCCCO[C@H](COC(=O)C(CCCCCCCCCCCCCC)CCCCCCCCCCCCCC)COP(=O)(O)OCCN(C)C. The molecule has 1 N–H and O–H groups in total. The number of phosphoric ester groups is 1. The molecule has 0 rings (SSSR count). The molecule has 0 amide bonds. The molecule has 0 bridgehead atoms. The number of unbranched alkanes of at least 4 members (excludes halogenated alkanes) is 35. The molecule has 9 heteroatoms. The fraction of sp³-hybridized carbons (Fsp3) is 0.981. The zero-order chi connectivity index (χ0) is 45.5. The number of rotatable bonds is 52. The van der Waals surface area contributed by atoms with E-state index in [0.29, 0.717) is 13.2 Å². The number of likely N-dealkylation sites (N-methyl/N-ethyl adjacent to an activating group) is 1. The van der Waals surface area contributed by atoms with Gasteiger partial charge in [0.1, 0.15) is 12.7 Å². The van der Waals surface area contributed by atoms with Crippen molar-refractivity contribution < 1.29 is 32.8 Å². The van der Waals surface area contributed by atoms with E-state index in [2.05, 4.69) is 20.8 Å². The minimum atomic E-state index is -4.27. The highest BCUT2D eigenvalue weighted by molar-refractivity contribution is 7.47. The maximum absolute atomic E-state index is 13.7.